The number of hydrogen-bond donors (Lipinski definition) is 1. The van der Waals surface area contributed by atoms with E-state index in [1.54, 1.807) is 17.4 Å². The van der Waals surface area contributed by atoms with Gasteiger partial charge < -0.3 is 5.73 Å². The number of hydrogen-bond acceptors (Lipinski definition) is 2. The number of rotatable bonds is 2. The Morgan fingerprint density at radius 1 is 1.64 bits per heavy atom. The summed E-state index contributed by atoms with van der Waals surface area (Å²) in [6.45, 7) is 4.11. The number of amides is 1. The van der Waals surface area contributed by atoms with E-state index in [1.807, 2.05) is 5.38 Å². The van der Waals surface area contributed by atoms with Crippen LogP contribution in [0.25, 0.3) is 0 Å². The van der Waals surface area contributed by atoms with Gasteiger partial charge in [-0.3, -0.25) is 4.79 Å². The van der Waals surface area contributed by atoms with Gasteiger partial charge in [-0.1, -0.05) is 13.8 Å². The second kappa shape index (κ2) is 3.05. The molecule has 0 spiro atoms. The summed E-state index contributed by atoms with van der Waals surface area (Å²) < 4.78 is 0. The van der Waals surface area contributed by atoms with Crippen molar-refractivity contribution in [2.75, 3.05) is 0 Å². The minimum absolute atomic E-state index is 0.324. The summed E-state index contributed by atoms with van der Waals surface area (Å²) in [5.41, 5.74) is 5.84. The molecule has 3 heteroatoms. The Balaban J connectivity index is 3.06. The Kier molecular flexibility index (Phi) is 2.29. The van der Waals surface area contributed by atoms with Gasteiger partial charge in [0.1, 0.15) is 0 Å². The molecule has 0 aromatic carbocycles. The first kappa shape index (κ1) is 8.27. The molecule has 1 amide bonds. The molecule has 0 bridgehead atoms. The second-order valence-corrected chi connectivity index (χ2v) is 3.67. The van der Waals surface area contributed by atoms with Crippen LogP contribution < -0.4 is 5.73 Å². The molecular formula is C8H11NOS. The summed E-state index contributed by atoms with van der Waals surface area (Å²) >= 11 is 1.59. The number of carbonyl (C=O) groups is 1. The molecule has 1 rings (SSSR count). The van der Waals surface area contributed by atoms with Gasteiger partial charge in [0, 0.05) is 4.88 Å². The van der Waals surface area contributed by atoms with Crippen molar-refractivity contribution in [3.8, 4) is 0 Å². The average molecular weight is 169 g/mol. The summed E-state index contributed by atoms with van der Waals surface area (Å²) in [6.07, 6.45) is 0. The van der Waals surface area contributed by atoms with Gasteiger partial charge in [-0.25, -0.2) is 0 Å². The van der Waals surface area contributed by atoms with Crippen molar-refractivity contribution in [3.05, 3.63) is 21.9 Å². The third kappa shape index (κ3) is 1.60. The second-order valence-electron chi connectivity index (χ2n) is 2.72. The van der Waals surface area contributed by atoms with Gasteiger partial charge in [-0.05, 0) is 17.4 Å². The summed E-state index contributed by atoms with van der Waals surface area (Å²) in [5.74, 6) is 0.0625. The maximum Gasteiger partial charge on any atom is 0.249 e. The van der Waals surface area contributed by atoms with Crippen molar-refractivity contribution in [2.24, 2.45) is 5.73 Å². The SMILES string of the molecule is CC(C)c1sccc1C(N)=O. The first-order chi connectivity index (χ1) is 5.13. The Bertz CT molecular complexity index is 265. The molecule has 0 radical (unpaired) electrons. The predicted molar refractivity (Wildman–Crippen MR) is 46.9 cm³/mol. The van der Waals surface area contributed by atoms with Crippen LogP contribution in [0.4, 0.5) is 0 Å². The Hall–Kier alpha value is -0.830. The van der Waals surface area contributed by atoms with Gasteiger partial charge in [-0.15, -0.1) is 11.3 Å². The fourth-order valence-corrected chi connectivity index (χ4v) is 1.89. The Morgan fingerprint density at radius 3 is 2.64 bits per heavy atom. The van der Waals surface area contributed by atoms with Crippen molar-refractivity contribution >= 4 is 17.2 Å². The predicted octanol–water partition coefficient (Wildman–Crippen LogP) is 1.97. The molecule has 0 saturated carbocycles. The number of carbonyl (C=O) groups excluding carboxylic acids is 1. The summed E-state index contributed by atoms with van der Waals surface area (Å²) in [6, 6.07) is 1.78. The van der Waals surface area contributed by atoms with E-state index in [9.17, 15) is 4.79 Å². The minimum atomic E-state index is -0.324. The van der Waals surface area contributed by atoms with Crippen LogP contribution in [0.1, 0.15) is 35.0 Å². The lowest BCUT2D eigenvalue weighted by Crippen LogP contribution is -2.12. The monoisotopic (exact) mass is 169 g/mol. The van der Waals surface area contributed by atoms with Crippen LogP contribution in [0.3, 0.4) is 0 Å². The molecule has 1 aromatic heterocycles. The van der Waals surface area contributed by atoms with E-state index < -0.39 is 0 Å². The van der Waals surface area contributed by atoms with Crippen molar-refractivity contribution in [1.82, 2.24) is 0 Å². The quantitative estimate of drug-likeness (QED) is 0.722. The van der Waals surface area contributed by atoms with Crippen LogP contribution in [0.15, 0.2) is 11.4 Å². The molecule has 0 fully saturated rings. The van der Waals surface area contributed by atoms with E-state index >= 15 is 0 Å². The highest BCUT2D eigenvalue weighted by molar-refractivity contribution is 7.10. The first-order valence-electron chi connectivity index (χ1n) is 3.50. The minimum Gasteiger partial charge on any atom is -0.366 e. The zero-order valence-corrected chi connectivity index (χ0v) is 7.44. The van der Waals surface area contributed by atoms with Crippen LogP contribution in [0.5, 0.6) is 0 Å². The van der Waals surface area contributed by atoms with Crippen LogP contribution >= 0.6 is 11.3 Å². The Labute approximate surface area is 70.0 Å². The highest BCUT2D eigenvalue weighted by Crippen LogP contribution is 2.24. The molecule has 0 saturated heterocycles. The molecule has 0 atom stereocenters. The number of nitrogens with two attached hydrogens (primary N) is 1. The summed E-state index contributed by atoms with van der Waals surface area (Å²) in [5, 5.41) is 1.90. The molecule has 0 aliphatic rings. The average Bonchev–Trinajstić information content (AvgIpc) is 2.32. The molecular weight excluding hydrogens is 158 g/mol. The third-order valence-electron chi connectivity index (χ3n) is 1.49. The standard InChI is InChI=1S/C8H11NOS/c1-5(2)7-6(8(9)10)3-4-11-7/h3-5H,1-2H3,(H2,9,10). The molecule has 1 aromatic rings. The smallest absolute Gasteiger partial charge is 0.249 e. The maximum absolute atomic E-state index is 10.8. The highest BCUT2D eigenvalue weighted by atomic mass is 32.1. The van der Waals surface area contributed by atoms with Crippen molar-refractivity contribution in [3.63, 3.8) is 0 Å². The van der Waals surface area contributed by atoms with E-state index in [0.717, 1.165) is 4.88 Å². The third-order valence-corrected chi connectivity index (χ3v) is 2.70. The van der Waals surface area contributed by atoms with Crippen LogP contribution in [-0.4, -0.2) is 5.91 Å². The topological polar surface area (TPSA) is 43.1 Å². The van der Waals surface area contributed by atoms with Crippen LogP contribution in [0.2, 0.25) is 0 Å². The van der Waals surface area contributed by atoms with Gasteiger partial charge in [-0.2, -0.15) is 0 Å². The molecule has 60 valence electrons. The van der Waals surface area contributed by atoms with Gasteiger partial charge in [0.15, 0.2) is 0 Å². The van der Waals surface area contributed by atoms with Crippen molar-refractivity contribution < 1.29 is 4.79 Å². The fourth-order valence-electron chi connectivity index (χ4n) is 0.972. The zero-order chi connectivity index (χ0) is 8.43. The van der Waals surface area contributed by atoms with E-state index in [4.69, 9.17) is 5.73 Å². The van der Waals surface area contributed by atoms with Gasteiger partial charge in [0.2, 0.25) is 5.91 Å². The molecule has 0 unspecified atom stereocenters. The normalized spacial score (nSPS) is 10.5. The first-order valence-corrected chi connectivity index (χ1v) is 4.38. The summed E-state index contributed by atoms with van der Waals surface area (Å²) in [4.78, 5) is 11.9. The van der Waals surface area contributed by atoms with Crippen LogP contribution in [-0.2, 0) is 0 Å². The maximum atomic E-state index is 10.8. The Morgan fingerprint density at radius 2 is 2.27 bits per heavy atom. The molecule has 11 heavy (non-hydrogen) atoms. The highest BCUT2D eigenvalue weighted by Gasteiger charge is 2.11. The molecule has 2 nitrogen and oxygen atoms in total. The molecule has 2 N–H and O–H groups in total. The lowest BCUT2D eigenvalue weighted by atomic mass is 10.1. The van der Waals surface area contributed by atoms with E-state index in [-0.39, 0.29) is 5.91 Å². The van der Waals surface area contributed by atoms with Gasteiger partial charge in [0.05, 0.1) is 5.56 Å². The number of thiophene rings is 1. The summed E-state index contributed by atoms with van der Waals surface area (Å²) in [7, 11) is 0. The molecule has 0 aliphatic heterocycles. The van der Waals surface area contributed by atoms with Crippen molar-refractivity contribution in [1.29, 1.82) is 0 Å². The van der Waals surface area contributed by atoms with E-state index in [2.05, 4.69) is 13.8 Å². The lowest BCUT2D eigenvalue weighted by molar-refractivity contribution is 0.0999. The van der Waals surface area contributed by atoms with Crippen molar-refractivity contribution in [2.45, 2.75) is 19.8 Å². The van der Waals surface area contributed by atoms with Gasteiger partial charge in [0.25, 0.3) is 0 Å². The number of primary amides is 1. The van der Waals surface area contributed by atoms with Gasteiger partial charge >= 0.3 is 0 Å². The molecule has 1 heterocycles. The van der Waals surface area contributed by atoms with Crippen LogP contribution in [0, 0.1) is 0 Å². The molecule has 0 aliphatic carbocycles. The zero-order valence-electron chi connectivity index (χ0n) is 6.63. The largest absolute Gasteiger partial charge is 0.366 e. The fraction of sp³-hybridized carbons (Fsp3) is 0.375. The van der Waals surface area contributed by atoms with E-state index in [0.29, 0.717) is 11.5 Å². The lowest BCUT2D eigenvalue weighted by Gasteiger charge is -2.02. The van der Waals surface area contributed by atoms with E-state index in [1.165, 1.54) is 0 Å².